The highest BCUT2D eigenvalue weighted by Crippen LogP contribution is 2.38. The summed E-state index contributed by atoms with van der Waals surface area (Å²) in [7, 11) is 0. The zero-order valence-corrected chi connectivity index (χ0v) is 14.7. The number of hydrogen-bond acceptors (Lipinski definition) is 0. The van der Waals surface area contributed by atoms with Crippen molar-refractivity contribution in [2.45, 2.75) is 80.1 Å². The number of rotatable bonds is 3. The molecule has 2 saturated carbocycles. The minimum absolute atomic E-state index is 0.722. The van der Waals surface area contributed by atoms with E-state index in [1.54, 1.807) is 0 Å². The van der Waals surface area contributed by atoms with Gasteiger partial charge in [-0.3, -0.25) is 0 Å². The Morgan fingerprint density at radius 2 is 1.55 bits per heavy atom. The molecule has 0 aromatic heterocycles. The maximum atomic E-state index is 2.33. The monoisotopic (exact) mass is 276 g/mol. The van der Waals surface area contributed by atoms with E-state index in [0.29, 0.717) is 0 Å². The summed E-state index contributed by atoms with van der Waals surface area (Å²) >= 11 is 0. The molecule has 0 atom stereocenters. The normalized spacial score (nSPS) is 21.4. The van der Waals surface area contributed by atoms with Gasteiger partial charge in [0.05, 0.1) is 0 Å². The molecule has 0 bridgehead atoms. The molecule has 0 aliphatic heterocycles. The van der Waals surface area contributed by atoms with Crippen LogP contribution in [0.1, 0.15) is 80.1 Å². The largest absolute Gasteiger partial charge is 0.0847 e. The quantitative estimate of drug-likeness (QED) is 0.483. The summed E-state index contributed by atoms with van der Waals surface area (Å²) < 4.78 is 0. The van der Waals surface area contributed by atoms with Gasteiger partial charge in [-0.1, -0.05) is 76.5 Å². The molecule has 0 unspecified atom stereocenters. The Kier molecular flexibility index (Phi) is 10.5. The van der Waals surface area contributed by atoms with Gasteiger partial charge < -0.3 is 0 Å². The molecule has 2 rings (SSSR count). The maximum absolute atomic E-state index is 2.33. The lowest BCUT2D eigenvalue weighted by Gasteiger charge is -2.33. The van der Waals surface area contributed by atoms with Gasteiger partial charge in [0, 0.05) is 0 Å². The van der Waals surface area contributed by atoms with E-state index >= 15 is 0 Å². The Morgan fingerprint density at radius 3 is 1.85 bits per heavy atom. The van der Waals surface area contributed by atoms with E-state index in [1.807, 2.05) is 13.8 Å². The third-order valence-corrected chi connectivity index (χ3v) is 4.17. The van der Waals surface area contributed by atoms with Crippen LogP contribution in [0.3, 0.4) is 0 Å². The van der Waals surface area contributed by atoms with Crippen molar-refractivity contribution in [1.29, 1.82) is 0 Å². The molecule has 0 amide bonds. The second-order valence-corrected chi connectivity index (χ2v) is 6.49. The van der Waals surface area contributed by atoms with Gasteiger partial charge in [-0.05, 0) is 50.9 Å². The summed E-state index contributed by atoms with van der Waals surface area (Å²) in [6.45, 7) is 12.8. The summed E-state index contributed by atoms with van der Waals surface area (Å²) in [5.74, 6) is 0.876. The van der Waals surface area contributed by atoms with Crippen LogP contribution in [-0.4, -0.2) is 0 Å². The lowest BCUT2D eigenvalue weighted by molar-refractivity contribution is 0.190. The highest BCUT2D eigenvalue weighted by atomic mass is 14.3. The van der Waals surface area contributed by atoms with Crippen LogP contribution < -0.4 is 0 Å². The molecule has 0 saturated heterocycles. The number of allylic oxidation sites excluding steroid dienone is 6. The summed E-state index contributed by atoms with van der Waals surface area (Å²) in [5, 5.41) is 0. The Hall–Kier alpha value is -0.780. The van der Waals surface area contributed by atoms with Crippen LogP contribution >= 0.6 is 0 Å². The molecule has 0 N–H and O–H groups in total. The summed E-state index contributed by atoms with van der Waals surface area (Å²) in [4.78, 5) is 0. The van der Waals surface area contributed by atoms with Crippen molar-refractivity contribution in [3.63, 3.8) is 0 Å². The van der Waals surface area contributed by atoms with E-state index < -0.39 is 0 Å². The molecule has 20 heavy (non-hydrogen) atoms. The van der Waals surface area contributed by atoms with Gasteiger partial charge in [-0.25, -0.2) is 0 Å². The predicted molar refractivity (Wildman–Crippen MR) is 94.0 cm³/mol. The van der Waals surface area contributed by atoms with Crippen molar-refractivity contribution < 1.29 is 0 Å². The molecule has 2 fully saturated rings. The molecule has 0 spiro atoms. The fourth-order valence-electron chi connectivity index (χ4n) is 2.04. The smallest absolute Gasteiger partial charge is 0.0230 e. The van der Waals surface area contributed by atoms with Crippen molar-refractivity contribution in [1.82, 2.24) is 0 Å². The predicted octanol–water partition coefficient (Wildman–Crippen LogP) is 7.09. The van der Waals surface area contributed by atoms with Crippen molar-refractivity contribution >= 4 is 0 Å². The van der Waals surface area contributed by atoms with E-state index in [9.17, 15) is 0 Å². The third kappa shape index (κ3) is 9.18. The summed E-state index contributed by atoms with van der Waals surface area (Å²) in [5.41, 5.74) is 2.05. The molecule has 116 valence electrons. The van der Waals surface area contributed by atoms with Gasteiger partial charge in [-0.2, -0.15) is 0 Å². The average Bonchev–Trinajstić information content (AvgIpc) is 2.37. The molecule has 0 radical (unpaired) electrons. The molecular weight excluding hydrogens is 240 g/mol. The molecule has 2 aliphatic rings. The van der Waals surface area contributed by atoms with Crippen molar-refractivity contribution in [2.24, 2.45) is 11.3 Å². The van der Waals surface area contributed by atoms with Crippen molar-refractivity contribution in [2.75, 3.05) is 0 Å². The minimum atomic E-state index is 0.722. The lowest BCUT2D eigenvalue weighted by Crippen LogP contribution is -2.20. The Bertz CT molecular complexity index is 305. The Balaban J connectivity index is 0.000000377. The second kappa shape index (κ2) is 10.9. The third-order valence-electron chi connectivity index (χ3n) is 4.17. The Labute approximate surface area is 128 Å². The molecular formula is C20H36. The van der Waals surface area contributed by atoms with Crippen molar-refractivity contribution in [3.8, 4) is 0 Å². The van der Waals surface area contributed by atoms with E-state index in [4.69, 9.17) is 0 Å². The highest BCUT2D eigenvalue weighted by Gasteiger charge is 2.25. The minimum Gasteiger partial charge on any atom is -0.0847 e. The van der Waals surface area contributed by atoms with Gasteiger partial charge in [-0.15, -0.1) is 0 Å². The van der Waals surface area contributed by atoms with E-state index in [2.05, 4.69) is 58.1 Å². The van der Waals surface area contributed by atoms with Gasteiger partial charge >= 0.3 is 0 Å². The van der Waals surface area contributed by atoms with Crippen LogP contribution in [0.5, 0.6) is 0 Å². The van der Waals surface area contributed by atoms with Crippen LogP contribution in [0.2, 0.25) is 0 Å². The molecule has 0 nitrogen and oxygen atoms in total. The fourth-order valence-corrected chi connectivity index (χ4v) is 2.04. The Morgan fingerprint density at radius 1 is 1.00 bits per heavy atom. The van der Waals surface area contributed by atoms with E-state index in [-0.39, 0.29) is 0 Å². The lowest BCUT2D eigenvalue weighted by atomic mass is 9.72. The van der Waals surface area contributed by atoms with Crippen LogP contribution in [0.25, 0.3) is 0 Å². The van der Waals surface area contributed by atoms with Gasteiger partial charge in [0.2, 0.25) is 0 Å². The molecule has 0 heteroatoms. The highest BCUT2D eigenvalue weighted by molar-refractivity contribution is 5.19. The molecule has 0 aromatic carbocycles. The van der Waals surface area contributed by atoms with Crippen LogP contribution in [0.4, 0.5) is 0 Å². The van der Waals surface area contributed by atoms with Crippen molar-refractivity contribution in [3.05, 3.63) is 36.0 Å². The molecule has 2 aliphatic carbocycles. The summed E-state index contributed by atoms with van der Waals surface area (Å²) in [6.07, 6.45) is 19.5. The standard InChI is InChI=1S/C12H18.C6H12.C2H6/c1-3-11(2)7-4-5-8-12-9-6-10-12;1-6(2)4-3-5-6;1-2/h3-5,7-8,12H,6,9-10H2,1-2H3;3-5H2,1-2H3;1-2H3/b7-4-,8-5+,11-3-;;. The zero-order chi connectivity index (χ0) is 15.4. The molecule has 0 aromatic rings. The molecule has 0 heterocycles. The zero-order valence-electron chi connectivity index (χ0n) is 14.7. The first kappa shape index (κ1) is 19.2. The first-order chi connectivity index (χ1) is 9.53. The van der Waals surface area contributed by atoms with Gasteiger partial charge in [0.25, 0.3) is 0 Å². The SMILES string of the molecule is CC.CC1(C)CCC1.C\C=C(C)/C=C\C=C\C1CCC1. The summed E-state index contributed by atoms with van der Waals surface area (Å²) in [6, 6.07) is 0. The average molecular weight is 277 g/mol. The first-order valence-electron chi connectivity index (χ1n) is 8.51. The van der Waals surface area contributed by atoms with Gasteiger partial charge in [0.1, 0.15) is 0 Å². The van der Waals surface area contributed by atoms with Crippen LogP contribution in [-0.2, 0) is 0 Å². The maximum Gasteiger partial charge on any atom is -0.0230 e. The fraction of sp³-hybridized carbons (Fsp3) is 0.700. The first-order valence-corrected chi connectivity index (χ1v) is 8.51. The topological polar surface area (TPSA) is 0 Å². The van der Waals surface area contributed by atoms with E-state index in [0.717, 1.165) is 11.3 Å². The van der Waals surface area contributed by atoms with Crippen LogP contribution in [0, 0.1) is 11.3 Å². The second-order valence-electron chi connectivity index (χ2n) is 6.49. The van der Waals surface area contributed by atoms with E-state index in [1.165, 1.54) is 44.1 Å². The van der Waals surface area contributed by atoms with Crippen LogP contribution in [0.15, 0.2) is 36.0 Å². The number of hydrogen-bond donors (Lipinski definition) is 0. The van der Waals surface area contributed by atoms with Gasteiger partial charge in [0.15, 0.2) is 0 Å².